The van der Waals surface area contributed by atoms with Crippen molar-refractivity contribution in [3.05, 3.63) is 0 Å². The van der Waals surface area contributed by atoms with E-state index in [1.807, 2.05) is 0 Å². The molecule has 106 valence electrons. The van der Waals surface area contributed by atoms with E-state index >= 15 is 0 Å². The molecule has 5 heteroatoms. The zero-order chi connectivity index (χ0) is 13.2. The Hall–Kier alpha value is -0.650. The fraction of sp³-hybridized carbons (Fsp3) is 0.923. The van der Waals surface area contributed by atoms with Gasteiger partial charge in [0.1, 0.15) is 0 Å². The van der Waals surface area contributed by atoms with Gasteiger partial charge >= 0.3 is 0 Å². The van der Waals surface area contributed by atoms with Crippen LogP contribution in [-0.4, -0.2) is 44.4 Å². The first-order valence-electron chi connectivity index (χ1n) is 6.96. The molecule has 0 aromatic rings. The maximum atomic E-state index is 11.2. The maximum absolute atomic E-state index is 11.2. The van der Waals surface area contributed by atoms with Gasteiger partial charge in [0, 0.05) is 13.2 Å². The molecule has 5 nitrogen and oxygen atoms in total. The van der Waals surface area contributed by atoms with E-state index in [0.717, 1.165) is 32.4 Å². The lowest BCUT2D eigenvalue weighted by Gasteiger charge is -2.22. The quantitative estimate of drug-likeness (QED) is 0.600. The largest absolute Gasteiger partial charge is 0.379 e. The Bertz CT molecular complexity index is 230. The second-order valence-electron chi connectivity index (χ2n) is 4.76. The predicted octanol–water partition coefficient (Wildman–Crippen LogP) is 0.816. The summed E-state index contributed by atoms with van der Waals surface area (Å²) >= 11 is 0. The fourth-order valence-corrected chi connectivity index (χ4v) is 2.02. The fourth-order valence-electron chi connectivity index (χ4n) is 2.02. The van der Waals surface area contributed by atoms with Crippen LogP contribution < -0.4 is 11.1 Å². The Morgan fingerprint density at radius 1 is 1.56 bits per heavy atom. The third-order valence-corrected chi connectivity index (χ3v) is 3.11. The molecule has 1 rings (SSSR count). The van der Waals surface area contributed by atoms with Gasteiger partial charge in [-0.25, -0.2) is 0 Å². The number of ether oxygens (including phenoxy) is 2. The summed E-state index contributed by atoms with van der Waals surface area (Å²) in [5, 5.41) is 3.12. The van der Waals surface area contributed by atoms with Crippen LogP contribution >= 0.6 is 0 Å². The van der Waals surface area contributed by atoms with Crippen molar-refractivity contribution >= 4 is 5.91 Å². The van der Waals surface area contributed by atoms with Crippen LogP contribution in [0.15, 0.2) is 0 Å². The Kier molecular flexibility index (Phi) is 7.96. The minimum Gasteiger partial charge on any atom is -0.379 e. The molecule has 1 amide bonds. The van der Waals surface area contributed by atoms with E-state index in [1.54, 1.807) is 0 Å². The highest BCUT2D eigenvalue weighted by Crippen LogP contribution is 2.12. The van der Waals surface area contributed by atoms with Gasteiger partial charge in [0.05, 0.1) is 18.8 Å². The smallest absolute Gasteiger partial charge is 0.234 e. The first kappa shape index (κ1) is 15.4. The molecule has 0 aromatic heterocycles. The number of hydrogen-bond acceptors (Lipinski definition) is 4. The van der Waals surface area contributed by atoms with Gasteiger partial charge in [0.2, 0.25) is 5.91 Å². The molecule has 0 spiro atoms. The lowest BCUT2D eigenvalue weighted by molar-refractivity contribution is -0.120. The van der Waals surface area contributed by atoms with Gasteiger partial charge in [-0.2, -0.15) is 0 Å². The minimum atomic E-state index is -0.305. The van der Waals surface area contributed by atoms with Crippen molar-refractivity contribution in [2.75, 3.05) is 26.4 Å². The summed E-state index contributed by atoms with van der Waals surface area (Å²) in [5.74, 6) is -0.305. The molecule has 0 aromatic carbocycles. The number of hydrogen-bond donors (Lipinski definition) is 2. The highest BCUT2D eigenvalue weighted by Gasteiger charge is 2.16. The van der Waals surface area contributed by atoms with Crippen molar-refractivity contribution in [1.82, 2.24) is 5.32 Å². The number of nitrogens with one attached hydrogen (secondary N) is 1. The average molecular weight is 258 g/mol. The van der Waals surface area contributed by atoms with Crippen LogP contribution in [0.5, 0.6) is 0 Å². The van der Waals surface area contributed by atoms with Crippen LogP contribution in [0.4, 0.5) is 0 Å². The molecule has 2 unspecified atom stereocenters. The summed E-state index contributed by atoms with van der Waals surface area (Å²) in [6.07, 6.45) is 5.29. The van der Waals surface area contributed by atoms with Crippen LogP contribution in [0.25, 0.3) is 0 Å². The molecule has 2 atom stereocenters. The Balaban J connectivity index is 2.08. The second-order valence-corrected chi connectivity index (χ2v) is 4.76. The third-order valence-electron chi connectivity index (χ3n) is 3.11. The van der Waals surface area contributed by atoms with Gasteiger partial charge in [-0.3, -0.25) is 4.79 Å². The Labute approximate surface area is 109 Å². The maximum Gasteiger partial charge on any atom is 0.234 e. The highest BCUT2D eigenvalue weighted by molar-refractivity contribution is 5.79. The zero-order valence-corrected chi connectivity index (χ0v) is 11.3. The normalized spacial score (nSPS) is 21.7. The molecule has 0 saturated carbocycles. The molecular weight excluding hydrogens is 232 g/mol. The molecule has 0 bridgehead atoms. The molecule has 3 N–H and O–H groups in total. The first-order valence-corrected chi connectivity index (χ1v) is 6.96. The number of rotatable bonds is 9. The van der Waals surface area contributed by atoms with E-state index in [0.29, 0.717) is 19.6 Å². The second kappa shape index (κ2) is 9.30. The van der Waals surface area contributed by atoms with Crippen molar-refractivity contribution in [3.8, 4) is 0 Å². The number of amides is 1. The number of carbonyl (C=O) groups excluding carboxylic acids is 1. The summed E-state index contributed by atoms with van der Waals surface area (Å²) in [5.41, 5.74) is 5.32. The number of nitrogens with two attached hydrogens (primary N) is 1. The molecule has 18 heavy (non-hydrogen) atoms. The molecule has 1 saturated heterocycles. The summed E-state index contributed by atoms with van der Waals surface area (Å²) in [4.78, 5) is 11.2. The van der Waals surface area contributed by atoms with E-state index in [-0.39, 0.29) is 18.1 Å². The van der Waals surface area contributed by atoms with Crippen LogP contribution in [0, 0.1) is 0 Å². The monoisotopic (exact) mass is 258 g/mol. The standard InChI is InChI=1S/C13H26N2O3/c1-2-7-15-12(13(14)16)6-9-17-10-11-5-3-4-8-18-11/h11-12,15H,2-10H2,1H3,(H2,14,16). The van der Waals surface area contributed by atoms with Gasteiger partial charge in [-0.15, -0.1) is 0 Å². The molecule has 1 fully saturated rings. The van der Waals surface area contributed by atoms with Crippen LogP contribution in [0.3, 0.4) is 0 Å². The van der Waals surface area contributed by atoms with E-state index in [1.165, 1.54) is 6.42 Å². The van der Waals surface area contributed by atoms with E-state index in [9.17, 15) is 4.79 Å². The summed E-state index contributed by atoms with van der Waals surface area (Å²) in [6, 6.07) is -0.280. The van der Waals surface area contributed by atoms with Gasteiger partial charge < -0.3 is 20.5 Å². The lowest BCUT2D eigenvalue weighted by Crippen LogP contribution is -2.42. The van der Waals surface area contributed by atoms with Gasteiger partial charge in [0.15, 0.2) is 0 Å². The van der Waals surface area contributed by atoms with Crippen molar-refractivity contribution in [2.45, 2.75) is 51.2 Å². The summed E-state index contributed by atoms with van der Waals surface area (Å²) < 4.78 is 11.1. The summed E-state index contributed by atoms with van der Waals surface area (Å²) in [7, 11) is 0. The summed E-state index contributed by atoms with van der Waals surface area (Å²) in [6.45, 7) is 4.88. The van der Waals surface area contributed by atoms with Gasteiger partial charge in [0.25, 0.3) is 0 Å². The van der Waals surface area contributed by atoms with Crippen molar-refractivity contribution in [1.29, 1.82) is 0 Å². The van der Waals surface area contributed by atoms with Crippen molar-refractivity contribution in [3.63, 3.8) is 0 Å². The third kappa shape index (κ3) is 6.33. The van der Waals surface area contributed by atoms with Crippen molar-refractivity contribution < 1.29 is 14.3 Å². The molecule has 1 aliphatic rings. The van der Waals surface area contributed by atoms with Crippen LogP contribution in [0.1, 0.15) is 39.0 Å². The van der Waals surface area contributed by atoms with Crippen LogP contribution in [-0.2, 0) is 14.3 Å². The van der Waals surface area contributed by atoms with Gasteiger partial charge in [-0.1, -0.05) is 6.92 Å². The Morgan fingerprint density at radius 3 is 3.00 bits per heavy atom. The van der Waals surface area contributed by atoms with Gasteiger partial charge in [-0.05, 0) is 38.6 Å². The van der Waals surface area contributed by atoms with E-state index in [2.05, 4.69) is 12.2 Å². The molecule has 0 radical (unpaired) electrons. The number of primary amides is 1. The number of carbonyl (C=O) groups is 1. The van der Waals surface area contributed by atoms with Crippen molar-refractivity contribution in [2.24, 2.45) is 5.73 Å². The minimum absolute atomic E-state index is 0.231. The highest BCUT2D eigenvalue weighted by atomic mass is 16.5. The molecule has 1 aliphatic heterocycles. The molecule has 0 aliphatic carbocycles. The SMILES string of the molecule is CCCNC(CCOCC1CCCCO1)C(N)=O. The van der Waals surface area contributed by atoms with E-state index in [4.69, 9.17) is 15.2 Å². The Morgan fingerprint density at radius 2 is 2.39 bits per heavy atom. The predicted molar refractivity (Wildman–Crippen MR) is 70.3 cm³/mol. The zero-order valence-electron chi connectivity index (χ0n) is 11.3. The topological polar surface area (TPSA) is 73.6 Å². The molecular formula is C13H26N2O3. The lowest BCUT2D eigenvalue weighted by atomic mass is 10.1. The average Bonchev–Trinajstić information content (AvgIpc) is 2.38. The molecule has 1 heterocycles. The first-order chi connectivity index (χ1) is 8.74. The van der Waals surface area contributed by atoms with Crippen LogP contribution in [0.2, 0.25) is 0 Å². The van der Waals surface area contributed by atoms with E-state index < -0.39 is 0 Å².